The molecule has 140 valence electrons. The molecule has 1 aromatic rings. The minimum atomic E-state index is -0.457. The van der Waals surface area contributed by atoms with Crippen LogP contribution in [0.4, 0.5) is 4.79 Å². The Balaban J connectivity index is 1.81. The van der Waals surface area contributed by atoms with Crippen molar-refractivity contribution in [2.24, 2.45) is 0 Å². The second-order valence-corrected chi connectivity index (χ2v) is 4.86. The number of benzene rings is 1. The fraction of sp³-hybridized carbons (Fsp3) is 0.500. The first-order valence-electron chi connectivity index (χ1n) is 8.23. The van der Waals surface area contributed by atoms with E-state index in [2.05, 4.69) is 11.9 Å². The summed E-state index contributed by atoms with van der Waals surface area (Å²) in [5.41, 5.74) is 0.947. The maximum Gasteiger partial charge on any atom is 0.407 e. The largest absolute Gasteiger partial charge is 0.499 e. The molecule has 0 unspecified atom stereocenters. The SMILES string of the molecule is C=COCCOCCOCCOCCNC(=O)OCc1ccccc1. The monoisotopic (exact) mass is 353 g/mol. The average molecular weight is 353 g/mol. The lowest BCUT2D eigenvalue weighted by molar-refractivity contribution is 0.00699. The van der Waals surface area contributed by atoms with Crippen molar-refractivity contribution in [1.82, 2.24) is 5.32 Å². The molecule has 1 amide bonds. The van der Waals surface area contributed by atoms with Crippen LogP contribution in [-0.4, -0.2) is 58.9 Å². The van der Waals surface area contributed by atoms with Crippen LogP contribution < -0.4 is 5.32 Å². The summed E-state index contributed by atoms with van der Waals surface area (Å²) in [6, 6.07) is 9.51. The lowest BCUT2D eigenvalue weighted by atomic mass is 10.2. The molecule has 0 spiro atoms. The molecule has 1 N–H and O–H groups in total. The Morgan fingerprint density at radius 2 is 1.52 bits per heavy atom. The molecule has 0 atom stereocenters. The molecule has 7 heteroatoms. The lowest BCUT2D eigenvalue weighted by Crippen LogP contribution is -2.28. The number of hydrogen-bond acceptors (Lipinski definition) is 6. The predicted molar refractivity (Wildman–Crippen MR) is 93.2 cm³/mol. The zero-order valence-electron chi connectivity index (χ0n) is 14.5. The van der Waals surface area contributed by atoms with E-state index in [0.717, 1.165) is 5.56 Å². The summed E-state index contributed by atoms with van der Waals surface area (Å²) in [7, 11) is 0. The van der Waals surface area contributed by atoms with Crippen LogP contribution in [0.15, 0.2) is 43.2 Å². The number of alkyl carbamates (subject to hydrolysis) is 1. The Morgan fingerprint density at radius 3 is 2.16 bits per heavy atom. The Hall–Kier alpha value is -2.09. The third-order valence-corrected chi connectivity index (χ3v) is 2.94. The van der Waals surface area contributed by atoms with Crippen molar-refractivity contribution >= 4 is 6.09 Å². The second-order valence-electron chi connectivity index (χ2n) is 4.86. The summed E-state index contributed by atoms with van der Waals surface area (Å²) >= 11 is 0. The van der Waals surface area contributed by atoms with Crippen molar-refractivity contribution in [3.8, 4) is 0 Å². The molecule has 0 aromatic heterocycles. The van der Waals surface area contributed by atoms with E-state index in [9.17, 15) is 4.79 Å². The molecule has 7 nitrogen and oxygen atoms in total. The predicted octanol–water partition coefficient (Wildman–Crippen LogP) is 2.12. The molecule has 0 saturated carbocycles. The van der Waals surface area contributed by atoms with Gasteiger partial charge in [0.15, 0.2) is 0 Å². The standard InChI is InChI=1S/C18H27NO6/c1-2-21-10-11-23-14-15-24-13-12-22-9-8-19-18(20)25-16-17-6-4-3-5-7-17/h2-7H,1,8-16H2,(H,19,20). The molecule has 0 fully saturated rings. The fourth-order valence-electron chi connectivity index (χ4n) is 1.73. The molecule has 0 aliphatic heterocycles. The number of ether oxygens (including phenoxy) is 5. The number of hydrogen-bond donors (Lipinski definition) is 1. The van der Waals surface area contributed by atoms with Gasteiger partial charge in [0.2, 0.25) is 0 Å². The molecular weight excluding hydrogens is 326 g/mol. The van der Waals surface area contributed by atoms with Gasteiger partial charge in [-0.25, -0.2) is 4.79 Å². The molecule has 0 radical (unpaired) electrons. The highest BCUT2D eigenvalue weighted by Gasteiger charge is 2.01. The molecule has 0 aliphatic rings. The highest BCUT2D eigenvalue weighted by atomic mass is 16.6. The van der Waals surface area contributed by atoms with Gasteiger partial charge in [0.05, 0.1) is 45.9 Å². The van der Waals surface area contributed by atoms with E-state index in [1.54, 1.807) is 0 Å². The first-order valence-corrected chi connectivity index (χ1v) is 8.23. The van der Waals surface area contributed by atoms with Crippen LogP contribution in [0.5, 0.6) is 0 Å². The molecule has 0 aliphatic carbocycles. The Bertz CT molecular complexity index is 454. The van der Waals surface area contributed by atoms with Crippen LogP contribution >= 0.6 is 0 Å². The zero-order chi connectivity index (χ0) is 18.0. The van der Waals surface area contributed by atoms with Crippen LogP contribution in [0.2, 0.25) is 0 Å². The van der Waals surface area contributed by atoms with Crippen molar-refractivity contribution < 1.29 is 28.5 Å². The zero-order valence-corrected chi connectivity index (χ0v) is 14.5. The van der Waals surface area contributed by atoms with Gasteiger partial charge in [0.25, 0.3) is 0 Å². The number of nitrogens with one attached hydrogen (secondary N) is 1. The van der Waals surface area contributed by atoms with Gasteiger partial charge in [-0.2, -0.15) is 0 Å². The van der Waals surface area contributed by atoms with Crippen LogP contribution in [-0.2, 0) is 30.3 Å². The van der Waals surface area contributed by atoms with Crippen molar-refractivity contribution in [3.05, 3.63) is 48.7 Å². The third-order valence-electron chi connectivity index (χ3n) is 2.94. The van der Waals surface area contributed by atoms with Crippen LogP contribution in [0.3, 0.4) is 0 Å². The normalized spacial score (nSPS) is 10.2. The molecule has 1 rings (SSSR count). The lowest BCUT2D eigenvalue weighted by Gasteiger charge is -2.08. The summed E-state index contributed by atoms with van der Waals surface area (Å²) in [4.78, 5) is 11.5. The van der Waals surface area contributed by atoms with E-state index in [0.29, 0.717) is 52.8 Å². The first kappa shape index (κ1) is 21.0. The van der Waals surface area contributed by atoms with Crippen LogP contribution in [0.1, 0.15) is 5.56 Å². The Labute approximate surface area is 148 Å². The minimum absolute atomic E-state index is 0.253. The fourth-order valence-corrected chi connectivity index (χ4v) is 1.73. The first-order chi connectivity index (χ1) is 12.3. The van der Waals surface area contributed by atoms with Gasteiger partial charge < -0.3 is 29.0 Å². The molecule has 0 saturated heterocycles. The third kappa shape index (κ3) is 12.9. The highest BCUT2D eigenvalue weighted by Crippen LogP contribution is 2.00. The van der Waals surface area contributed by atoms with Crippen LogP contribution in [0.25, 0.3) is 0 Å². The molecule has 0 bridgehead atoms. The van der Waals surface area contributed by atoms with Gasteiger partial charge >= 0.3 is 6.09 Å². The number of rotatable bonds is 15. The van der Waals surface area contributed by atoms with Gasteiger partial charge in [0.1, 0.15) is 13.2 Å². The second kappa shape index (κ2) is 15.4. The maximum absolute atomic E-state index is 11.5. The summed E-state index contributed by atoms with van der Waals surface area (Å²) < 4.78 is 25.9. The Kier molecular flexibility index (Phi) is 12.9. The Morgan fingerprint density at radius 1 is 0.920 bits per heavy atom. The maximum atomic E-state index is 11.5. The number of amides is 1. The molecule has 1 aromatic carbocycles. The van der Waals surface area contributed by atoms with Crippen LogP contribution in [0, 0.1) is 0 Å². The average Bonchev–Trinajstić information content (AvgIpc) is 2.64. The van der Waals surface area contributed by atoms with Gasteiger partial charge in [-0.1, -0.05) is 36.9 Å². The number of carbonyl (C=O) groups is 1. The summed E-state index contributed by atoms with van der Waals surface area (Å²) in [5, 5.41) is 2.62. The summed E-state index contributed by atoms with van der Waals surface area (Å²) in [6.07, 6.45) is 0.927. The van der Waals surface area contributed by atoms with Gasteiger partial charge in [-0.15, -0.1) is 0 Å². The summed E-state index contributed by atoms with van der Waals surface area (Å²) in [6.45, 7) is 7.43. The quantitative estimate of drug-likeness (QED) is 0.385. The van der Waals surface area contributed by atoms with Crippen molar-refractivity contribution in [1.29, 1.82) is 0 Å². The molecular formula is C18H27NO6. The topological polar surface area (TPSA) is 75.3 Å². The van der Waals surface area contributed by atoms with E-state index in [1.807, 2.05) is 30.3 Å². The van der Waals surface area contributed by atoms with E-state index < -0.39 is 6.09 Å². The molecule has 0 heterocycles. The van der Waals surface area contributed by atoms with E-state index >= 15 is 0 Å². The summed E-state index contributed by atoms with van der Waals surface area (Å²) in [5.74, 6) is 0. The highest BCUT2D eigenvalue weighted by molar-refractivity contribution is 5.67. The smallest absolute Gasteiger partial charge is 0.407 e. The van der Waals surface area contributed by atoms with Crippen molar-refractivity contribution in [3.63, 3.8) is 0 Å². The van der Waals surface area contributed by atoms with E-state index in [4.69, 9.17) is 23.7 Å². The number of carbonyl (C=O) groups excluding carboxylic acids is 1. The van der Waals surface area contributed by atoms with Crippen molar-refractivity contribution in [2.75, 3.05) is 52.8 Å². The van der Waals surface area contributed by atoms with Gasteiger partial charge in [0, 0.05) is 6.54 Å². The minimum Gasteiger partial charge on any atom is -0.499 e. The molecule has 25 heavy (non-hydrogen) atoms. The van der Waals surface area contributed by atoms with Gasteiger partial charge in [-0.3, -0.25) is 0 Å². The van der Waals surface area contributed by atoms with Crippen molar-refractivity contribution in [2.45, 2.75) is 6.61 Å². The van der Waals surface area contributed by atoms with E-state index in [1.165, 1.54) is 6.26 Å². The van der Waals surface area contributed by atoms with Gasteiger partial charge in [-0.05, 0) is 5.56 Å². The van der Waals surface area contributed by atoms with E-state index in [-0.39, 0.29) is 6.61 Å².